The summed E-state index contributed by atoms with van der Waals surface area (Å²) < 4.78 is 20.2. The number of aromatic nitrogens is 3. The molecule has 0 aliphatic rings. The molecule has 9 heteroatoms. The minimum atomic E-state index is -0.582. The lowest BCUT2D eigenvalue weighted by molar-refractivity contribution is 0.0519. The third-order valence-corrected chi connectivity index (χ3v) is 4.82. The van der Waals surface area contributed by atoms with Gasteiger partial charge in [0.2, 0.25) is 0 Å². The fraction of sp³-hybridized carbons (Fsp3) is 0.118. The zero-order valence-electron chi connectivity index (χ0n) is 13.4. The van der Waals surface area contributed by atoms with Crippen LogP contribution in [-0.2, 0) is 4.74 Å². The molecule has 3 rings (SSSR count). The van der Waals surface area contributed by atoms with E-state index in [1.165, 1.54) is 28.6 Å². The summed E-state index contributed by atoms with van der Waals surface area (Å²) in [5, 5.41) is 5.05. The van der Waals surface area contributed by atoms with Gasteiger partial charge in [0, 0.05) is 17.2 Å². The number of nitrogens with zero attached hydrogens (tertiary/aromatic N) is 3. The molecule has 0 saturated heterocycles. The van der Waals surface area contributed by atoms with Crippen LogP contribution in [0.3, 0.4) is 0 Å². The minimum Gasteiger partial charge on any atom is -0.461 e. The zero-order chi connectivity index (χ0) is 18.7. The number of halogens is 3. The van der Waals surface area contributed by atoms with Gasteiger partial charge in [0.25, 0.3) is 0 Å². The van der Waals surface area contributed by atoms with Crippen LogP contribution in [0.5, 0.6) is 0 Å². The van der Waals surface area contributed by atoms with Crippen molar-refractivity contribution in [2.45, 2.75) is 16.8 Å². The molecule has 0 atom stereocenters. The van der Waals surface area contributed by atoms with Crippen molar-refractivity contribution in [3.63, 3.8) is 0 Å². The Hall–Kier alpha value is -2.09. The number of hydrogen-bond donors (Lipinski definition) is 0. The fourth-order valence-electron chi connectivity index (χ4n) is 2.11. The number of carbonyl (C=O) groups excluding carboxylic acids is 1. The van der Waals surface area contributed by atoms with Gasteiger partial charge in [0.1, 0.15) is 21.0 Å². The molecular formula is C17H12Cl2FN3O2S. The Balaban J connectivity index is 2.07. The highest BCUT2D eigenvalue weighted by Gasteiger charge is 2.19. The van der Waals surface area contributed by atoms with Gasteiger partial charge in [-0.05, 0) is 31.2 Å². The van der Waals surface area contributed by atoms with Crippen molar-refractivity contribution in [3.05, 3.63) is 64.3 Å². The molecule has 0 bridgehead atoms. The van der Waals surface area contributed by atoms with E-state index in [-0.39, 0.29) is 17.3 Å². The monoisotopic (exact) mass is 411 g/mol. The molecule has 0 fully saturated rings. The largest absolute Gasteiger partial charge is 0.461 e. The van der Waals surface area contributed by atoms with Gasteiger partial charge in [0.05, 0.1) is 12.3 Å². The standard InChI is InChI=1S/C17H12Cl2FN3O2S/c1-2-25-17(24)12-8-15(26-10-6-7-14(18)21-9-10)23(22-12)13-5-3-4-11(20)16(13)19/h3-9H,2H2,1H3. The van der Waals surface area contributed by atoms with Crippen LogP contribution in [0.1, 0.15) is 17.4 Å². The third kappa shape index (κ3) is 4.00. The summed E-state index contributed by atoms with van der Waals surface area (Å²) >= 11 is 13.2. The highest BCUT2D eigenvalue weighted by atomic mass is 35.5. The maximum absolute atomic E-state index is 13.9. The zero-order valence-corrected chi connectivity index (χ0v) is 15.8. The van der Waals surface area contributed by atoms with Gasteiger partial charge in [-0.15, -0.1) is 0 Å². The van der Waals surface area contributed by atoms with Crippen LogP contribution in [0.25, 0.3) is 5.69 Å². The van der Waals surface area contributed by atoms with E-state index in [9.17, 15) is 9.18 Å². The molecule has 2 aromatic heterocycles. The van der Waals surface area contributed by atoms with Gasteiger partial charge >= 0.3 is 5.97 Å². The van der Waals surface area contributed by atoms with Crippen molar-refractivity contribution in [1.82, 2.24) is 14.8 Å². The quantitative estimate of drug-likeness (QED) is 0.434. The average Bonchev–Trinajstić information content (AvgIpc) is 3.03. The Morgan fingerprint density at radius 3 is 2.81 bits per heavy atom. The molecule has 0 radical (unpaired) electrons. The maximum atomic E-state index is 13.9. The van der Waals surface area contributed by atoms with Gasteiger partial charge < -0.3 is 4.74 Å². The molecule has 3 aromatic rings. The number of ether oxygens (including phenoxy) is 1. The number of pyridine rings is 1. The van der Waals surface area contributed by atoms with Crippen LogP contribution < -0.4 is 0 Å². The van der Waals surface area contributed by atoms with Crippen LogP contribution in [0.15, 0.2) is 52.5 Å². The van der Waals surface area contributed by atoms with E-state index in [1.807, 2.05) is 0 Å². The lowest BCUT2D eigenvalue weighted by Gasteiger charge is -2.09. The molecule has 0 saturated carbocycles. The molecule has 26 heavy (non-hydrogen) atoms. The summed E-state index contributed by atoms with van der Waals surface area (Å²) in [7, 11) is 0. The predicted molar refractivity (Wildman–Crippen MR) is 97.9 cm³/mol. The highest BCUT2D eigenvalue weighted by Crippen LogP contribution is 2.33. The van der Waals surface area contributed by atoms with Crippen LogP contribution in [-0.4, -0.2) is 27.3 Å². The van der Waals surface area contributed by atoms with Gasteiger partial charge in [-0.25, -0.2) is 18.9 Å². The molecule has 0 spiro atoms. The molecule has 134 valence electrons. The smallest absolute Gasteiger partial charge is 0.358 e. The molecular weight excluding hydrogens is 400 g/mol. The lowest BCUT2D eigenvalue weighted by Crippen LogP contribution is -2.07. The summed E-state index contributed by atoms with van der Waals surface area (Å²) in [5.74, 6) is -1.16. The molecule has 5 nitrogen and oxygen atoms in total. The topological polar surface area (TPSA) is 57.0 Å². The second-order valence-corrected chi connectivity index (χ2v) is 6.85. The Morgan fingerprint density at radius 1 is 1.31 bits per heavy atom. The van der Waals surface area contributed by atoms with Crippen molar-refractivity contribution in [1.29, 1.82) is 0 Å². The highest BCUT2D eigenvalue weighted by molar-refractivity contribution is 7.99. The molecule has 2 heterocycles. The summed E-state index contributed by atoms with van der Waals surface area (Å²) in [6, 6.07) is 9.34. The number of benzene rings is 1. The van der Waals surface area contributed by atoms with Crippen molar-refractivity contribution < 1.29 is 13.9 Å². The summed E-state index contributed by atoms with van der Waals surface area (Å²) in [6.45, 7) is 1.92. The van der Waals surface area contributed by atoms with Crippen LogP contribution in [0.2, 0.25) is 10.2 Å². The Kier molecular flexibility index (Phi) is 5.80. The Morgan fingerprint density at radius 2 is 2.12 bits per heavy atom. The van der Waals surface area contributed by atoms with Crippen molar-refractivity contribution >= 4 is 40.9 Å². The summed E-state index contributed by atoms with van der Waals surface area (Å²) in [5.41, 5.74) is 0.406. The lowest BCUT2D eigenvalue weighted by atomic mass is 10.3. The first-order valence-electron chi connectivity index (χ1n) is 7.50. The predicted octanol–water partition coefficient (Wildman–Crippen LogP) is 5.04. The normalized spacial score (nSPS) is 10.8. The van der Waals surface area contributed by atoms with E-state index in [4.69, 9.17) is 27.9 Å². The number of esters is 1. The number of rotatable bonds is 5. The number of hydrogen-bond acceptors (Lipinski definition) is 5. The van der Waals surface area contributed by atoms with Crippen LogP contribution in [0, 0.1) is 5.82 Å². The molecule has 0 aliphatic heterocycles. The van der Waals surface area contributed by atoms with Gasteiger partial charge in [-0.2, -0.15) is 5.10 Å². The van der Waals surface area contributed by atoms with Crippen LogP contribution >= 0.6 is 35.0 Å². The molecule has 0 aliphatic carbocycles. The van der Waals surface area contributed by atoms with E-state index < -0.39 is 11.8 Å². The van der Waals surface area contributed by atoms with E-state index in [0.717, 1.165) is 4.90 Å². The fourth-order valence-corrected chi connectivity index (χ4v) is 3.31. The molecule has 1 aromatic carbocycles. The first-order valence-corrected chi connectivity index (χ1v) is 9.08. The van der Waals surface area contributed by atoms with Crippen LogP contribution in [0.4, 0.5) is 4.39 Å². The first kappa shape index (κ1) is 18.7. The van der Waals surface area contributed by atoms with E-state index in [2.05, 4.69) is 10.1 Å². The Bertz CT molecular complexity index is 948. The molecule has 0 amide bonds. The minimum absolute atomic E-state index is 0.0941. The molecule has 0 N–H and O–H groups in total. The van der Waals surface area contributed by atoms with Gasteiger partial charge in [-0.1, -0.05) is 41.0 Å². The summed E-state index contributed by atoms with van der Waals surface area (Å²) in [6.07, 6.45) is 1.58. The number of carbonyl (C=O) groups is 1. The third-order valence-electron chi connectivity index (χ3n) is 3.24. The van der Waals surface area contributed by atoms with Crippen molar-refractivity contribution in [3.8, 4) is 5.69 Å². The van der Waals surface area contributed by atoms with E-state index in [0.29, 0.717) is 15.9 Å². The summed E-state index contributed by atoms with van der Waals surface area (Å²) in [4.78, 5) is 16.8. The average molecular weight is 412 g/mol. The van der Waals surface area contributed by atoms with Gasteiger partial charge in [0.15, 0.2) is 5.69 Å². The molecule has 0 unspecified atom stereocenters. The Labute approximate surface area is 163 Å². The van der Waals surface area contributed by atoms with Gasteiger partial charge in [-0.3, -0.25) is 0 Å². The second-order valence-electron chi connectivity index (χ2n) is 4.99. The maximum Gasteiger partial charge on any atom is 0.358 e. The second kappa shape index (κ2) is 8.07. The SMILES string of the molecule is CCOC(=O)c1cc(Sc2ccc(Cl)nc2)n(-c2cccc(F)c2Cl)n1. The van der Waals surface area contributed by atoms with Crippen molar-refractivity contribution in [2.75, 3.05) is 6.61 Å². The van der Waals surface area contributed by atoms with E-state index >= 15 is 0 Å². The van der Waals surface area contributed by atoms with E-state index in [1.54, 1.807) is 37.4 Å². The van der Waals surface area contributed by atoms with Crippen molar-refractivity contribution in [2.24, 2.45) is 0 Å². The first-order chi connectivity index (χ1) is 12.5.